The number of rotatable bonds is 6. The number of amides is 2. The van der Waals surface area contributed by atoms with Crippen molar-refractivity contribution in [3.63, 3.8) is 0 Å². The van der Waals surface area contributed by atoms with Gasteiger partial charge in [-0.15, -0.1) is 0 Å². The van der Waals surface area contributed by atoms with Gasteiger partial charge in [0.15, 0.2) is 0 Å². The van der Waals surface area contributed by atoms with Gasteiger partial charge in [0.1, 0.15) is 12.1 Å². The van der Waals surface area contributed by atoms with Crippen LogP contribution in [0.3, 0.4) is 0 Å². The Morgan fingerprint density at radius 3 is 2.83 bits per heavy atom. The van der Waals surface area contributed by atoms with Crippen LogP contribution < -0.4 is 5.32 Å². The van der Waals surface area contributed by atoms with E-state index in [4.69, 9.17) is 9.47 Å². The summed E-state index contributed by atoms with van der Waals surface area (Å²) < 4.78 is 10.5. The standard InChI is InChI=1S/C17H24N2O4S/c1-22-16(20)14(8-11-24-2)18-17(21)19-9-10-23-15(12-19)13-6-4-3-5-7-13/h3-7,14-15H,8-12H2,1-2H3,(H,18,21)/t14-,15?/m1/s1. The number of ether oxygens (including phenoxy) is 2. The summed E-state index contributed by atoms with van der Waals surface area (Å²) in [5.74, 6) is 0.362. The second-order valence-electron chi connectivity index (χ2n) is 5.52. The molecule has 0 radical (unpaired) electrons. The lowest BCUT2D eigenvalue weighted by atomic mass is 10.1. The molecule has 1 aliphatic rings. The van der Waals surface area contributed by atoms with Crippen LogP contribution in [0.5, 0.6) is 0 Å². The van der Waals surface area contributed by atoms with Gasteiger partial charge in [0.25, 0.3) is 0 Å². The van der Waals surface area contributed by atoms with E-state index in [1.165, 1.54) is 7.11 Å². The van der Waals surface area contributed by atoms with E-state index in [1.54, 1.807) is 16.7 Å². The summed E-state index contributed by atoms with van der Waals surface area (Å²) in [5.41, 5.74) is 1.04. The Morgan fingerprint density at radius 1 is 1.42 bits per heavy atom. The summed E-state index contributed by atoms with van der Waals surface area (Å²) in [5, 5.41) is 2.79. The molecule has 0 spiro atoms. The van der Waals surface area contributed by atoms with Crippen molar-refractivity contribution in [3.05, 3.63) is 35.9 Å². The minimum absolute atomic E-state index is 0.145. The summed E-state index contributed by atoms with van der Waals surface area (Å²) >= 11 is 1.63. The number of methoxy groups -OCH3 is 1. The number of morpholine rings is 1. The van der Waals surface area contributed by atoms with Gasteiger partial charge in [-0.05, 0) is 24.0 Å². The number of hydrogen-bond donors (Lipinski definition) is 1. The molecule has 7 heteroatoms. The highest BCUT2D eigenvalue weighted by Gasteiger charge is 2.28. The highest BCUT2D eigenvalue weighted by atomic mass is 32.2. The van der Waals surface area contributed by atoms with Crippen LogP contribution in [0.25, 0.3) is 0 Å². The third kappa shape index (κ3) is 5.14. The van der Waals surface area contributed by atoms with Crippen LogP contribution in [0.2, 0.25) is 0 Å². The lowest BCUT2D eigenvalue weighted by Crippen LogP contribution is -2.52. The maximum Gasteiger partial charge on any atom is 0.328 e. The molecular formula is C17H24N2O4S. The Morgan fingerprint density at radius 2 is 2.17 bits per heavy atom. The molecule has 1 unspecified atom stereocenters. The van der Waals surface area contributed by atoms with Gasteiger partial charge in [0.2, 0.25) is 0 Å². The van der Waals surface area contributed by atoms with E-state index in [0.717, 1.165) is 11.3 Å². The number of carbonyl (C=O) groups excluding carboxylic acids is 2. The first-order chi connectivity index (χ1) is 11.7. The van der Waals surface area contributed by atoms with Crippen molar-refractivity contribution in [3.8, 4) is 0 Å². The third-order valence-corrected chi connectivity index (χ3v) is 4.56. The van der Waals surface area contributed by atoms with Crippen LogP contribution in [0, 0.1) is 0 Å². The molecule has 0 aliphatic carbocycles. The van der Waals surface area contributed by atoms with Gasteiger partial charge in [-0.2, -0.15) is 11.8 Å². The molecule has 0 aromatic heterocycles. The van der Waals surface area contributed by atoms with Crippen LogP contribution in [0.4, 0.5) is 4.79 Å². The topological polar surface area (TPSA) is 67.9 Å². The second-order valence-corrected chi connectivity index (χ2v) is 6.51. The summed E-state index contributed by atoms with van der Waals surface area (Å²) in [7, 11) is 1.33. The zero-order valence-corrected chi connectivity index (χ0v) is 14.9. The summed E-state index contributed by atoms with van der Waals surface area (Å²) in [6.45, 7) is 1.44. The van der Waals surface area contributed by atoms with E-state index in [-0.39, 0.29) is 12.1 Å². The SMILES string of the molecule is COC(=O)[C@@H](CCSC)NC(=O)N1CCOC(c2ccccc2)C1. The van der Waals surface area contributed by atoms with Crippen molar-refractivity contribution < 1.29 is 19.1 Å². The predicted molar refractivity (Wildman–Crippen MR) is 94.0 cm³/mol. The molecule has 1 N–H and O–H groups in total. The minimum Gasteiger partial charge on any atom is -0.467 e. The first-order valence-corrected chi connectivity index (χ1v) is 9.34. The lowest BCUT2D eigenvalue weighted by molar-refractivity contribution is -0.142. The molecule has 1 saturated heterocycles. The molecule has 6 nitrogen and oxygen atoms in total. The molecule has 0 bridgehead atoms. The van der Waals surface area contributed by atoms with Gasteiger partial charge >= 0.3 is 12.0 Å². The summed E-state index contributed by atoms with van der Waals surface area (Å²) in [6, 6.07) is 8.96. The van der Waals surface area contributed by atoms with E-state index in [9.17, 15) is 9.59 Å². The number of urea groups is 1. The first-order valence-electron chi connectivity index (χ1n) is 7.94. The van der Waals surface area contributed by atoms with Crippen molar-refractivity contribution in [2.45, 2.75) is 18.6 Å². The van der Waals surface area contributed by atoms with Crippen molar-refractivity contribution in [2.75, 3.05) is 38.8 Å². The molecule has 1 aromatic carbocycles. The molecule has 0 saturated carbocycles. The maximum absolute atomic E-state index is 12.5. The van der Waals surface area contributed by atoms with Crippen LogP contribution in [0.1, 0.15) is 18.1 Å². The molecule has 1 aliphatic heterocycles. The normalized spacial score (nSPS) is 18.8. The summed E-state index contributed by atoms with van der Waals surface area (Å²) in [6.07, 6.45) is 2.36. The van der Waals surface area contributed by atoms with Gasteiger partial charge < -0.3 is 19.7 Å². The number of nitrogens with zero attached hydrogens (tertiary/aromatic N) is 1. The number of esters is 1. The Hall–Kier alpha value is -1.73. The number of nitrogens with one attached hydrogen (secondary N) is 1. The van der Waals surface area contributed by atoms with Crippen molar-refractivity contribution in [2.24, 2.45) is 0 Å². The molecule has 1 fully saturated rings. The highest BCUT2D eigenvalue weighted by Crippen LogP contribution is 2.22. The highest BCUT2D eigenvalue weighted by molar-refractivity contribution is 7.98. The smallest absolute Gasteiger partial charge is 0.328 e. The molecule has 2 amide bonds. The Kier molecular flexibility index (Phi) is 7.39. The lowest BCUT2D eigenvalue weighted by Gasteiger charge is -2.34. The van der Waals surface area contributed by atoms with Gasteiger partial charge in [-0.25, -0.2) is 9.59 Å². The fourth-order valence-corrected chi connectivity index (χ4v) is 3.04. The average Bonchev–Trinajstić information content (AvgIpc) is 2.65. The quantitative estimate of drug-likeness (QED) is 0.794. The van der Waals surface area contributed by atoms with Crippen LogP contribution in [-0.2, 0) is 14.3 Å². The maximum atomic E-state index is 12.5. The third-order valence-electron chi connectivity index (χ3n) is 3.92. The monoisotopic (exact) mass is 352 g/mol. The minimum atomic E-state index is -0.618. The van der Waals surface area contributed by atoms with E-state index in [2.05, 4.69) is 5.32 Å². The van der Waals surface area contributed by atoms with Crippen molar-refractivity contribution in [1.82, 2.24) is 10.2 Å². The van der Waals surface area contributed by atoms with Gasteiger partial charge in [-0.1, -0.05) is 30.3 Å². The van der Waals surface area contributed by atoms with Gasteiger partial charge in [-0.3, -0.25) is 0 Å². The molecule has 2 atom stereocenters. The zero-order valence-electron chi connectivity index (χ0n) is 14.1. The molecule has 24 heavy (non-hydrogen) atoms. The van der Waals surface area contributed by atoms with Crippen LogP contribution in [0.15, 0.2) is 30.3 Å². The largest absolute Gasteiger partial charge is 0.467 e. The molecule has 1 heterocycles. The zero-order chi connectivity index (χ0) is 17.4. The molecule has 132 valence electrons. The van der Waals surface area contributed by atoms with Gasteiger partial charge in [0, 0.05) is 6.54 Å². The molecular weight excluding hydrogens is 328 g/mol. The first kappa shape index (κ1) is 18.6. The number of benzene rings is 1. The van der Waals surface area contributed by atoms with Crippen LogP contribution in [-0.4, -0.2) is 61.8 Å². The number of thioether (sulfide) groups is 1. The fourth-order valence-electron chi connectivity index (χ4n) is 2.57. The average molecular weight is 352 g/mol. The molecule has 2 rings (SSSR count). The fraction of sp³-hybridized carbons (Fsp3) is 0.529. The predicted octanol–water partition coefficient (Wildman–Crippen LogP) is 2.06. The van der Waals surface area contributed by atoms with E-state index in [0.29, 0.717) is 26.1 Å². The second kappa shape index (κ2) is 9.54. The van der Waals surface area contributed by atoms with E-state index >= 15 is 0 Å². The molecule has 1 aromatic rings. The number of hydrogen-bond acceptors (Lipinski definition) is 5. The van der Waals surface area contributed by atoms with Crippen LogP contribution >= 0.6 is 11.8 Å². The van der Waals surface area contributed by atoms with Crippen molar-refractivity contribution >= 4 is 23.8 Å². The Bertz CT molecular complexity index is 541. The summed E-state index contributed by atoms with van der Waals surface area (Å²) in [4.78, 5) is 26.0. The van der Waals surface area contributed by atoms with Crippen molar-refractivity contribution in [1.29, 1.82) is 0 Å². The Labute approximate surface area is 146 Å². The number of carbonyl (C=O) groups is 2. The van der Waals surface area contributed by atoms with Gasteiger partial charge in [0.05, 0.1) is 20.3 Å². The van der Waals surface area contributed by atoms with E-state index < -0.39 is 12.0 Å². The Balaban J connectivity index is 1.96. The van der Waals surface area contributed by atoms with E-state index in [1.807, 2.05) is 36.6 Å².